The Morgan fingerprint density at radius 2 is 2.00 bits per heavy atom. The fourth-order valence-electron chi connectivity index (χ4n) is 2.59. The summed E-state index contributed by atoms with van der Waals surface area (Å²) in [4.78, 5) is 7.34. The highest BCUT2D eigenvalue weighted by molar-refractivity contribution is 5.04. The molecule has 2 nitrogen and oxygen atoms in total. The standard InChI is InChI=1S/C12H20N2/c1-9(2)10-3-5-11(6-4-10)12-7-13-8-14-12/h7-11H,3-6H2,1-2H3,(H,13,14). The molecule has 2 heteroatoms. The number of nitrogens with zero attached hydrogens (tertiary/aromatic N) is 1. The minimum atomic E-state index is 0.743. The molecule has 0 unspecified atom stereocenters. The number of H-pyrrole nitrogens is 1. The lowest BCUT2D eigenvalue weighted by molar-refractivity contribution is 0.257. The van der Waals surface area contributed by atoms with Gasteiger partial charge in [-0.3, -0.25) is 0 Å². The van der Waals surface area contributed by atoms with Gasteiger partial charge in [0.2, 0.25) is 0 Å². The summed E-state index contributed by atoms with van der Waals surface area (Å²) in [6, 6.07) is 0. The fraction of sp³-hybridized carbons (Fsp3) is 0.750. The van der Waals surface area contributed by atoms with Gasteiger partial charge in [0.25, 0.3) is 0 Å². The number of nitrogens with one attached hydrogen (secondary N) is 1. The van der Waals surface area contributed by atoms with E-state index in [9.17, 15) is 0 Å². The quantitative estimate of drug-likeness (QED) is 0.765. The molecule has 1 heterocycles. The molecule has 1 aromatic heterocycles. The Labute approximate surface area is 86.1 Å². The molecule has 0 radical (unpaired) electrons. The van der Waals surface area contributed by atoms with Crippen LogP contribution in [0.25, 0.3) is 0 Å². The number of rotatable bonds is 2. The summed E-state index contributed by atoms with van der Waals surface area (Å²) in [6.07, 6.45) is 9.24. The Balaban J connectivity index is 1.90. The predicted molar refractivity (Wildman–Crippen MR) is 58.1 cm³/mol. The molecule has 0 aliphatic heterocycles. The number of aromatic amines is 1. The summed E-state index contributed by atoms with van der Waals surface area (Å²) in [6.45, 7) is 4.70. The van der Waals surface area contributed by atoms with Crippen molar-refractivity contribution in [2.45, 2.75) is 45.4 Å². The van der Waals surface area contributed by atoms with Crippen LogP contribution in [0.5, 0.6) is 0 Å². The molecular formula is C12H20N2. The van der Waals surface area contributed by atoms with E-state index in [0.29, 0.717) is 0 Å². The van der Waals surface area contributed by atoms with Gasteiger partial charge in [-0.1, -0.05) is 13.8 Å². The highest BCUT2D eigenvalue weighted by atomic mass is 14.9. The summed E-state index contributed by atoms with van der Waals surface area (Å²) < 4.78 is 0. The molecule has 0 atom stereocenters. The Bertz CT molecular complexity index is 256. The van der Waals surface area contributed by atoms with Crippen LogP contribution in [0, 0.1) is 11.8 Å². The molecule has 2 rings (SSSR count). The maximum atomic E-state index is 4.10. The second-order valence-electron chi connectivity index (χ2n) is 4.86. The van der Waals surface area contributed by atoms with Gasteiger partial charge in [0.1, 0.15) is 0 Å². The van der Waals surface area contributed by atoms with E-state index in [4.69, 9.17) is 0 Å². The lowest BCUT2D eigenvalue weighted by atomic mass is 9.76. The zero-order chi connectivity index (χ0) is 9.97. The summed E-state index contributed by atoms with van der Waals surface area (Å²) in [7, 11) is 0. The first-order valence-corrected chi connectivity index (χ1v) is 5.75. The first kappa shape index (κ1) is 9.75. The molecule has 1 N–H and O–H groups in total. The van der Waals surface area contributed by atoms with Crippen molar-refractivity contribution in [2.24, 2.45) is 11.8 Å². The van der Waals surface area contributed by atoms with Gasteiger partial charge in [-0.2, -0.15) is 0 Å². The lowest BCUT2D eigenvalue weighted by Crippen LogP contribution is -2.17. The second kappa shape index (κ2) is 4.16. The highest BCUT2D eigenvalue weighted by Gasteiger charge is 2.24. The van der Waals surface area contributed by atoms with Crippen LogP contribution in [0.15, 0.2) is 12.5 Å². The maximum Gasteiger partial charge on any atom is 0.0921 e. The summed E-state index contributed by atoms with van der Waals surface area (Å²) in [5.74, 6) is 2.55. The Morgan fingerprint density at radius 3 is 2.50 bits per heavy atom. The van der Waals surface area contributed by atoms with E-state index in [-0.39, 0.29) is 0 Å². The maximum absolute atomic E-state index is 4.10. The topological polar surface area (TPSA) is 28.7 Å². The molecule has 0 aromatic carbocycles. The third kappa shape index (κ3) is 1.99. The van der Waals surface area contributed by atoms with Gasteiger partial charge in [0.05, 0.1) is 6.33 Å². The van der Waals surface area contributed by atoms with E-state index in [0.717, 1.165) is 17.8 Å². The summed E-state index contributed by atoms with van der Waals surface area (Å²) in [5.41, 5.74) is 1.34. The van der Waals surface area contributed by atoms with Crippen molar-refractivity contribution >= 4 is 0 Å². The van der Waals surface area contributed by atoms with Crippen molar-refractivity contribution in [3.05, 3.63) is 18.2 Å². The molecule has 1 fully saturated rings. The van der Waals surface area contributed by atoms with Crippen LogP contribution in [0.2, 0.25) is 0 Å². The molecular weight excluding hydrogens is 172 g/mol. The number of aromatic nitrogens is 2. The smallest absolute Gasteiger partial charge is 0.0921 e. The van der Waals surface area contributed by atoms with Crippen molar-refractivity contribution in [2.75, 3.05) is 0 Å². The molecule has 1 aromatic rings. The number of hydrogen-bond donors (Lipinski definition) is 1. The van der Waals surface area contributed by atoms with Crippen LogP contribution in [0.3, 0.4) is 0 Å². The van der Waals surface area contributed by atoms with Crippen LogP contribution < -0.4 is 0 Å². The van der Waals surface area contributed by atoms with Crippen LogP contribution in [0.1, 0.15) is 51.1 Å². The Morgan fingerprint density at radius 1 is 1.29 bits per heavy atom. The number of imidazole rings is 1. The molecule has 0 amide bonds. The monoisotopic (exact) mass is 192 g/mol. The van der Waals surface area contributed by atoms with Gasteiger partial charge in [0.15, 0.2) is 0 Å². The second-order valence-corrected chi connectivity index (χ2v) is 4.86. The third-order valence-electron chi connectivity index (χ3n) is 3.67. The fourth-order valence-corrected chi connectivity index (χ4v) is 2.59. The van der Waals surface area contributed by atoms with E-state index < -0.39 is 0 Å². The largest absolute Gasteiger partial charge is 0.348 e. The van der Waals surface area contributed by atoms with Crippen molar-refractivity contribution in [1.29, 1.82) is 0 Å². The van der Waals surface area contributed by atoms with Crippen LogP contribution in [0.4, 0.5) is 0 Å². The highest BCUT2D eigenvalue weighted by Crippen LogP contribution is 2.37. The van der Waals surface area contributed by atoms with Crippen molar-refractivity contribution in [1.82, 2.24) is 9.97 Å². The zero-order valence-corrected chi connectivity index (χ0v) is 9.16. The van der Waals surface area contributed by atoms with Gasteiger partial charge >= 0.3 is 0 Å². The molecule has 0 bridgehead atoms. The molecule has 0 saturated heterocycles. The van der Waals surface area contributed by atoms with Gasteiger partial charge in [0, 0.05) is 17.8 Å². The minimum Gasteiger partial charge on any atom is -0.348 e. The predicted octanol–water partition coefficient (Wildman–Crippen LogP) is 3.34. The molecule has 14 heavy (non-hydrogen) atoms. The van der Waals surface area contributed by atoms with Crippen molar-refractivity contribution in [3.63, 3.8) is 0 Å². The van der Waals surface area contributed by atoms with E-state index in [2.05, 4.69) is 23.8 Å². The Kier molecular flexibility index (Phi) is 2.90. The van der Waals surface area contributed by atoms with Gasteiger partial charge in [-0.05, 0) is 37.5 Å². The van der Waals surface area contributed by atoms with Crippen LogP contribution >= 0.6 is 0 Å². The first-order chi connectivity index (χ1) is 6.77. The summed E-state index contributed by atoms with van der Waals surface area (Å²) >= 11 is 0. The average Bonchev–Trinajstić information content (AvgIpc) is 2.71. The van der Waals surface area contributed by atoms with Crippen molar-refractivity contribution < 1.29 is 0 Å². The molecule has 78 valence electrons. The van der Waals surface area contributed by atoms with E-state index in [1.54, 1.807) is 6.33 Å². The lowest BCUT2D eigenvalue weighted by Gasteiger charge is -2.30. The minimum absolute atomic E-state index is 0.743. The van der Waals surface area contributed by atoms with E-state index in [1.165, 1.54) is 31.4 Å². The molecule has 0 spiro atoms. The van der Waals surface area contributed by atoms with Crippen molar-refractivity contribution in [3.8, 4) is 0 Å². The van der Waals surface area contributed by atoms with Crippen LogP contribution in [-0.2, 0) is 0 Å². The molecule has 1 aliphatic carbocycles. The summed E-state index contributed by atoms with van der Waals surface area (Å²) in [5, 5.41) is 0. The normalized spacial score (nSPS) is 28.2. The molecule has 1 aliphatic rings. The number of hydrogen-bond acceptors (Lipinski definition) is 1. The van der Waals surface area contributed by atoms with E-state index >= 15 is 0 Å². The third-order valence-corrected chi connectivity index (χ3v) is 3.67. The van der Waals surface area contributed by atoms with Crippen LogP contribution in [-0.4, -0.2) is 9.97 Å². The van der Waals surface area contributed by atoms with Gasteiger partial charge < -0.3 is 4.98 Å². The molecule has 1 saturated carbocycles. The first-order valence-electron chi connectivity index (χ1n) is 5.75. The van der Waals surface area contributed by atoms with E-state index in [1.807, 2.05) is 6.20 Å². The van der Waals surface area contributed by atoms with Gasteiger partial charge in [-0.15, -0.1) is 0 Å². The average molecular weight is 192 g/mol. The zero-order valence-electron chi connectivity index (χ0n) is 9.16. The van der Waals surface area contributed by atoms with Gasteiger partial charge in [-0.25, -0.2) is 4.98 Å². The Hall–Kier alpha value is -0.790. The SMILES string of the molecule is CC(C)C1CCC(c2cnc[nH]2)CC1.